The molecule has 0 atom stereocenters. The second kappa shape index (κ2) is 7.59. The van der Waals surface area contributed by atoms with Crippen molar-refractivity contribution in [3.8, 4) is 22.7 Å². The molecule has 0 amide bonds. The average molecular weight is 338 g/mol. The Labute approximate surface area is 127 Å². The molecule has 20 heavy (non-hydrogen) atoms. The molecule has 1 aliphatic rings. The molecule has 108 valence electrons. The van der Waals surface area contributed by atoms with Crippen LogP contribution in [0.5, 0.6) is 11.5 Å². The Bertz CT molecular complexity index is 492. The van der Waals surface area contributed by atoms with E-state index in [1.54, 1.807) is 14.2 Å². The van der Waals surface area contributed by atoms with Crippen molar-refractivity contribution in [1.82, 2.24) is 5.32 Å². The van der Waals surface area contributed by atoms with Crippen LogP contribution in [0.25, 0.3) is 0 Å². The number of benzene rings is 1. The van der Waals surface area contributed by atoms with Gasteiger partial charge >= 0.3 is 127 Å². The van der Waals surface area contributed by atoms with Crippen LogP contribution in [0.3, 0.4) is 0 Å². The van der Waals surface area contributed by atoms with E-state index < -0.39 is 0 Å². The molecule has 0 aliphatic heterocycles. The van der Waals surface area contributed by atoms with Crippen LogP contribution < -0.4 is 19.3 Å². The van der Waals surface area contributed by atoms with Crippen molar-refractivity contribution in [3.05, 3.63) is 17.7 Å². The average Bonchev–Trinajstić information content (AvgIpc) is 3.28. The summed E-state index contributed by atoms with van der Waals surface area (Å²) in [5.41, 5.74) is 1.17. The first-order valence-corrected chi connectivity index (χ1v) is 8.57. The summed E-state index contributed by atoms with van der Waals surface area (Å²) in [4.78, 5) is 2.72. The molecular weight excluding hydrogens is 317 g/mol. The van der Waals surface area contributed by atoms with Crippen LogP contribution in [0, 0.1) is 17.2 Å². The van der Waals surface area contributed by atoms with E-state index >= 15 is 0 Å². The van der Waals surface area contributed by atoms with Gasteiger partial charge < -0.3 is 0 Å². The van der Waals surface area contributed by atoms with Gasteiger partial charge in [0.2, 0.25) is 0 Å². The van der Waals surface area contributed by atoms with Crippen molar-refractivity contribution in [3.63, 3.8) is 0 Å². The van der Waals surface area contributed by atoms with E-state index in [0.29, 0.717) is 0 Å². The summed E-state index contributed by atoms with van der Waals surface area (Å²) >= 11 is -0.0125. The van der Waals surface area contributed by atoms with E-state index in [-0.39, 0.29) is 15.0 Å². The van der Waals surface area contributed by atoms with Crippen LogP contribution in [0.15, 0.2) is 12.1 Å². The zero-order valence-electron chi connectivity index (χ0n) is 12.1. The fourth-order valence-corrected chi connectivity index (χ4v) is 3.25. The summed E-state index contributed by atoms with van der Waals surface area (Å²) in [5.74, 6) is 2.69. The predicted molar refractivity (Wildman–Crippen MR) is 83.1 cm³/mol. The van der Waals surface area contributed by atoms with Gasteiger partial charge in [-0.05, 0) is 0 Å². The summed E-state index contributed by atoms with van der Waals surface area (Å²) in [7, 11) is 3.39. The molecule has 1 N–H and O–H groups in total. The molecule has 4 heteroatoms. The van der Waals surface area contributed by atoms with Gasteiger partial charge in [0, 0.05) is 0 Å². The Morgan fingerprint density at radius 2 is 2.05 bits per heavy atom. The molecule has 1 aromatic carbocycles. The molecule has 0 heterocycles. The van der Waals surface area contributed by atoms with Gasteiger partial charge in [-0.2, -0.15) is 0 Å². The monoisotopic (exact) mass is 339 g/mol. The summed E-state index contributed by atoms with van der Waals surface area (Å²) < 4.78 is 12.0. The molecule has 3 nitrogen and oxygen atoms in total. The third-order valence-corrected chi connectivity index (χ3v) is 4.81. The number of methoxy groups -OCH3 is 2. The summed E-state index contributed by atoms with van der Waals surface area (Å²) in [6.07, 6.45) is 9.12. The van der Waals surface area contributed by atoms with Gasteiger partial charge in [-0.25, -0.2) is 0 Å². The number of ether oxygens (including phenoxy) is 2. The molecule has 1 fully saturated rings. The van der Waals surface area contributed by atoms with E-state index in [1.807, 2.05) is 6.07 Å². The van der Waals surface area contributed by atoms with E-state index in [0.717, 1.165) is 41.4 Å². The van der Waals surface area contributed by atoms with Crippen molar-refractivity contribution in [2.24, 2.45) is 5.92 Å². The topological polar surface area (TPSA) is 30.5 Å². The van der Waals surface area contributed by atoms with Crippen LogP contribution in [-0.2, 0) is 6.42 Å². The molecule has 0 bridgehead atoms. The summed E-state index contributed by atoms with van der Waals surface area (Å²) in [6.45, 7) is 2.10. The van der Waals surface area contributed by atoms with Crippen LogP contribution in [-0.4, -0.2) is 42.3 Å². The third kappa shape index (κ3) is 4.18. The molecule has 0 saturated heterocycles. The Morgan fingerprint density at radius 1 is 1.30 bits per heavy atom. The first-order valence-electron chi connectivity index (χ1n) is 6.86. The zero-order valence-corrected chi connectivity index (χ0v) is 13.8. The first-order chi connectivity index (χ1) is 9.78. The van der Waals surface area contributed by atoms with Crippen LogP contribution in [0.1, 0.15) is 18.4 Å². The molecule has 1 aliphatic carbocycles. The second-order valence-corrected chi connectivity index (χ2v) is 6.78. The van der Waals surface area contributed by atoms with Crippen molar-refractivity contribution >= 4 is 19.4 Å². The molecule has 0 spiro atoms. The standard InChI is InChI=1S/C16H21NO2Se/c1-4-20-16-10-14(18-2)13(9-15(16)19-3)7-8-17-11-12-5-6-12/h1,9-10,12,17H,5-8,11H2,2-3H3. The molecule has 1 saturated carbocycles. The number of nitrogens with one attached hydrogen (secondary N) is 1. The minimum absolute atomic E-state index is 0.0125. The Morgan fingerprint density at radius 3 is 2.65 bits per heavy atom. The van der Waals surface area contributed by atoms with Gasteiger partial charge in [-0.3, -0.25) is 0 Å². The van der Waals surface area contributed by atoms with Crippen molar-refractivity contribution < 1.29 is 9.47 Å². The summed E-state index contributed by atoms with van der Waals surface area (Å²) in [5, 5.41) is 3.50. The van der Waals surface area contributed by atoms with Gasteiger partial charge in [0.1, 0.15) is 0 Å². The van der Waals surface area contributed by atoms with Crippen LogP contribution >= 0.6 is 0 Å². The molecule has 1 aromatic rings. The number of rotatable bonds is 8. The van der Waals surface area contributed by atoms with E-state index in [9.17, 15) is 0 Å². The third-order valence-electron chi connectivity index (χ3n) is 3.44. The van der Waals surface area contributed by atoms with Crippen molar-refractivity contribution in [1.29, 1.82) is 0 Å². The number of hydrogen-bond acceptors (Lipinski definition) is 3. The van der Waals surface area contributed by atoms with E-state index in [1.165, 1.54) is 18.4 Å². The summed E-state index contributed by atoms with van der Waals surface area (Å²) in [6, 6.07) is 4.08. The molecule has 2 rings (SSSR count). The van der Waals surface area contributed by atoms with Crippen LogP contribution in [0.2, 0.25) is 0 Å². The normalized spacial score (nSPS) is 13.8. The number of hydrogen-bond donors (Lipinski definition) is 1. The quantitative estimate of drug-likeness (QED) is 0.438. The van der Waals surface area contributed by atoms with Gasteiger partial charge in [0.05, 0.1) is 0 Å². The van der Waals surface area contributed by atoms with Gasteiger partial charge in [0.25, 0.3) is 0 Å². The molecule has 0 radical (unpaired) electrons. The van der Waals surface area contributed by atoms with Gasteiger partial charge in [0.15, 0.2) is 0 Å². The number of terminal acetylenes is 1. The van der Waals surface area contributed by atoms with E-state index in [2.05, 4.69) is 16.2 Å². The van der Waals surface area contributed by atoms with Crippen molar-refractivity contribution in [2.75, 3.05) is 27.3 Å². The molecule has 0 unspecified atom stereocenters. The van der Waals surface area contributed by atoms with Crippen LogP contribution in [0.4, 0.5) is 0 Å². The SMILES string of the molecule is C#C[Se]c1cc(OC)c(CCNCC2CC2)cc1OC. The first kappa shape index (κ1) is 15.3. The Hall–Kier alpha value is -1.14. The predicted octanol–water partition coefficient (Wildman–Crippen LogP) is 1.17. The maximum absolute atomic E-state index is 5.48. The fraction of sp³-hybridized carbons (Fsp3) is 0.500. The van der Waals surface area contributed by atoms with Gasteiger partial charge in [-0.1, -0.05) is 0 Å². The molecular formula is C16H21NO2Se. The fourth-order valence-electron chi connectivity index (χ4n) is 2.12. The maximum atomic E-state index is 5.48. The van der Waals surface area contributed by atoms with E-state index in [4.69, 9.17) is 15.9 Å². The minimum atomic E-state index is -0.0125. The Kier molecular flexibility index (Phi) is 5.79. The second-order valence-electron chi connectivity index (χ2n) is 4.93. The van der Waals surface area contributed by atoms with Gasteiger partial charge in [-0.15, -0.1) is 0 Å². The molecule has 0 aromatic heterocycles. The van der Waals surface area contributed by atoms with Crippen molar-refractivity contribution in [2.45, 2.75) is 19.3 Å². The zero-order chi connectivity index (χ0) is 14.4. The Balaban J connectivity index is 2.03.